The van der Waals surface area contributed by atoms with Gasteiger partial charge in [0.1, 0.15) is 11.3 Å². The van der Waals surface area contributed by atoms with Crippen LogP contribution in [0.15, 0.2) is 70.2 Å². The van der Waals surface area contributed by atoms with Gasteiger partial charge in [0.15, 0.2) is 15.0 Å². The number of benzene rings is 2. The van der Waals surface area contributed by atoms with Crippen LogP contribution in [0.25, 0.3) is 10.2 Å². The number of fused-ring (bicyclic) bond motifs is 1. The van der Waals surface area contributed by atoms with Gasteiger partial charge in [-0.2, -0.15) is 0 Å². The van der Waals surface area contributed by atoms with Gasteiger partial charge in [-0.3, -0.25) is 9.69 Å². The molecular formula is C23H21ClN2O4S2. The zero-order valence-electron chi connectivity index (χ0n) is 17.5. The predicted molar refractivity (Wildman–Crippen MR) is 127 cm³/mol. The van der Waals surface area contributed by atoms with Crippen molar-refractivity contribution >= 4 is 54.0 Å². The highest BCUT2D eigenvalue weighted by Crippen LogP contribution is 2.34. The number of carbonyl (C=O) groups excluding carboxylic acids is 1. The van der Waals surface area contributed by atoms with Crippen LogP contribution in [0.1, 0.15) is 25.2 Å². The fourth-order valence-electron chi connectivity index (χ4n) is 3.18. The smallest absolute Gasteiger partial charge is 0.233 e. The van der Waals surface area contributed by atoms with Gasteiger partial charge in [0, 0.05) is 0 Å². The minimum atomic E-state index is -3.36. The van der Waals surface area contributed by atoms with Crippen LogP contribution in [0.5, 0.6) is 0 Å². The maximum atomic E-state index is 13.3. The normalized spacial score (nSPS) is 11.9. The third-order valence-corrected chi connectivity index (χ3v) is 8.53. The fourth-order valence-corrected chi connectivity index (χ4v) is 5.52. The Morgan fingerprint density at radius 2 is 1.88 bits per heavy atom. The third kappa shape index (κ3) is 4.57. The lowest BCUT2D eigenvalue weighted by molar-refractivity contribution is -0.118. The molecule has 0 fully saturated rings. The highest BCUT2D eigenvalue weighted by molar-refractivity contribution is 7.92. The number of para-hydroxylation sites is 1. The van der Waals surface area contributed by atoms with Crippen LogP contribution in [0.4, 0.5) is 5.13 Å². The summed E-state index contributed by atoms with van der Waals surface area (Å²) in [4.78, 5) is 19.7. The van der Waals surface area contributed by atoms with Crippen molar-refractivity contribution in [2.45, 2.75) is 37.0 Å². The van der Waals surface area contributed by atoms with Crippen molar-refractivity contribution in [3.8, 4) is 0 Å². The molecule has 0 atom stereocenters. The van der Waals surface area contributed by atoms with Gasteiger partial charge in [-0.25, -0.2) is 13.4 Å². The van der Waals surface area contributed by atoms with E-state index in [0.29, 0.717) is 27.0 Å². The van der Waals surface area contributed by atoms with Crippen LogP contribution >= 0.6 is 22.9 Å². The SMILES string of the molecule is CC(C)S(=O)(=O)c1ccc(CC(=O)N(Cc2ccco2)c2nc3c(Cl)cccc3s2)cc1. The summed E-state index contributed by atoms with van der Waals surface area (Å²) in [6, 6.07) is 15.5. The zero-order valence-corrected chi connectivity index (χ0v) is 19.9. The summed E-state index contributed by atoms with van der Waals surface area (Å²) >= 11 is 7.65. The maximum absolute atomic E-state index is 13.3. The molecular weight excluding hydrogens is 468 g/mol. The van der Waals surface area contributed by atoms with E-state index in [9.17, 15) is 13.2 Å². The number of amides is 1. The molecule has 2 heterocycles. The summed E-state index contributed by atoms with van der Waals surface area (Å²) in [5.41, 5.74) is 1.36. The molecule has 9 heteroatoms. The number of halogens is 1. The molecule has 0 N–H and O–H groups in total. The first kappa shape index (κ1) is 22.5. The molecule has 0 saturated heterocycles. The summed E-state index contributed by atoms with van der Waals surface area (Å²) in [6.45, 7) is 3.51. The number of carbonyl (C=O) groups is 1. The molecule has 6 nitrogen and oxygen atoms in total. The maximum Gasteiger partial charge on any atom is 0.233 e. The molecule has 166 valence electrons. The van der Waals surface area contributed by atoms with Gasteiger partial charge in [-0.05, 0) is 55.8 Å². The van der Waals surface area contributed by atoms with E-state index >= 15 is 0 Å². The number of rotatable bonds is 7. The molecule has 0 unspecified atom stereocenters. The Bertz CT molecular complexity index is 1340. The second-order valence-electron chi connectivity index (χ2n) is 7.56. The number of anilines is 1. The highest BCUT2D eigenvalue weighted by Gasteiger charge is 2.23. The molecule has 4 rings (SSSR count). The van der Waals surface area contributed by atoms with E-state index in [1.54, 1.807) is 67.5 Å². The van der Waals surface area contributed by atoms with Crippen molar-refractivity contribution in [2.75, 3.05) is 4.90 Å². The lowest BCUT2D eigenvalue weighted by Crippen LogP contribution is -2.31. The quantitative estimate of drug-likeness (QED) is 0.343. The molecule has 0 bridgehead atoms. The van der Waals surface area contributed by atoms with Gasteiger partial charge < -0.3 is 4.42 Å². The molecule has 0 aliphatic heterocycles. The van der Waals surface area contributed by atoms with Gasteiger partial charge in [-0.1, -0.05) is 41.1 Å². The van der Waals surface area contributed by atoms with Gasteiger partial charge in [0.25, 0.3) is 0 Å². The molecule has 0 radical (unpaired) electrons. The molecule has 1 amide bonds. The molecule has 32 heavy (non-hydrogen) atoms. The lowest BCUT2D eigenvalue weighted by atomic mass is 10.1. The Kier molecular flexibility index (Phi) is 6.37. The van der Waals surface area contributed by atoms with E-state index in [-0.39, 0.29) is 23.8 Å². The van der Waals surface area contributed by atoms with Gasteiger partial charge in [0.05, 0.1) is 39.1 Å². The first-order chi connectivity index (χ1) is 15.3. The van der Waals surface area contributed by atoms with Crippen LogP contribution < -0.4 is 4.90 Å². The summed E-state index contributed by atoms with van der Waals surface area (Å²) in [5, 5.41) is 0.537. The molecule has 4 aromatic rings. The number of furan rings is 1. The Hall–Kier alpha value is -2.68. The van der Waals surface area contributed by atoms with Crippen LogP contribution in [-0.2, 0) is 27.6 Å². The van der Waals surface area contributed by atoms with Gasteiger partial charge >= 0.3 is 0 Å². The number of sulfone groups is 1. The summed E-state index contributed by atoms with van der Waals surface area (Å²) < 4.78 is 31.0. The highest BCUT2D eigenvalue weighted by atomic mass is 35.5. The average molecular weight is 489 g/mol. The Morgan fingerprint density at radius 3 is 2.50 bits per heavy atom. The van der Waals surface area contributed by atoms with Crippen molar-refractivity contribution < 1.29 is 17.6 Å². The molecule has 2 aromatic heterocycles. The van der Waals surface area contributed by atoms with Crippen LogP contribution in [0, 0.1) is 0 Å². The Morgan fingerprint density at radius 1 is 1.12 bits per heavy atom. The van der Waals surface area contributed by atoms with E-state index in [1.807, 2.05) is 12.1 Å². The third-order valence-electron chi connectivity index (χ3n) is 5.01. The van der Waals surface area contributed by atoms with E-state index in [2.05, 4.69) is 4.98 Å². The molecule has 0 spiro atoms. The summed E-state index contributed by atoms with van der Waals surface area (Å²) in [5.74, 6) is 0.443. The monoisotopic (exact) mass is 488 g/mol. The van der Waals surface area contributed by atoms with Crippen molar-refractivity contribution in [1.29, 1.82) is 0 Å². The molecule has 0 saturated carbocycles. The average Bonchev–Trinajstić information content (AvgIpc) is 3.42. The molecule has 0 aliphatic carbocycles. The van der Waals surface area contributed by atoms with Gasteiger partial charge in [-0.15, -0.1) is 0 Å². The Labute approximate surface area is 195 Å². The summed E-state index contributed by atoms with van der Waals surface area (Å²) in [6.07, 6.45) is 1.65. The van der Waals surface area contributed by atoms with E-state index < -0.39 is 15.1 Å². The van der Waals surface area contributed by atoms with Crippen LogP contribution in [-0.4, -0.2) is 24.6 Å². The first-order valence-electron chi connectivity index (χ1n) is 9.96. The van der Waals surface area contributed by atoms with Crippen LogP contribution in [0.3, 0.4) is 0 Å². The number of aromatic nitrogens is 1. The lowest BCUT2D eigenvalue weighted by Gasteiger charge is -2.19. The van der Waals surface area contributed by atoms with E-state index in [1.165, 1.54) is 11.3 Å². The number of thiazole rings is 1. The fraction of sp³-hybridized carbons (Fsp3) is 0.217. The second-order valence-corrected chi connectivity index (χ2v) is 11.5. The van der Waals surface area contributed by atoms with Gasteiger partial charge in [0.2, 0.25) is 5.91 Å². The zero-order chi connectivity index (χ0) is 22.9. The summed E-state index contributed by atoms with van der Waals surface area (Å²) in [7, 11) is -3.36. The minimum absolute atomic E-state index is 0.0897. The first-order valence-corrected chi connectivity index (χ1v) is 12.7. The number of nitrogens with zero attached hydrogens (tertiary/aromatic N) is 2. The van der Waals surface area contributed by atoms with E-state index in [0.717, 1.165) is 4.70 Å². The van der Waals surface area contributed by atoms with Crippen molar-refractivity contribution in [2.24, 2.45) is 0 Å². The minimum Gasteiger partial charge on any atom is -0.467 e. The predicted octanol–water partition coefficient (Wildman–Crippen LogP) is 5.50. The largest absolute Gasteiger partial charge is 0.467 e. The van der Waals surface area contributed by atoms with Crippen LogP contribution in [0.2, 0.25) is 5.02 Å². The van der Waals surface area contributed by atoms with Crippen molar-refractivity contribution in [1.82, 2.24) is 4.98 Å². The standard InChI is InChI=1S/C23H21ClN2O4S2/c1-15(2)32(28,29)18-10-8-16(9-11-18)13-21(27)26(14-17-5-4-12-30-17)23-25-22-19(24)6-3-7-20(22)31-23/h3-12,15H,13-14H2,1-2H3. The number of hydrogen-bond acceptors (Lipinski definition) is 6. The molecule has 0 aliphatic rings. The van der Waals surface area contributed by atoms with E-state index in [4.69, 9.17) is 16.0 Å². The molecule has 2 aromatic carbocycles. The number of hydrogen-bond donors (Lipinski definition) is 0. The Balaban J connectivity index is 1.62. The van der Waals surface area contributed by atoms with Crippen molar-refractivity contribution in [3.05, 3.63) is 77.2 Å². The second kappa shape index (κ2) is 9.05. The van der Waals surface area contributed by atoms with Crippen molar-refractivity contribution in [3.63, 3.8) is 0 Å². The topological polar surface area (TPSA) is 80.5 Å².